The minimum Gasteiger partial charge on any atom is -0.372 e. The summed E-state index contributed by atoms with van der Waals surface area (Å²) in [4.78, 5) is 17.6. The maximum atomic E-state index is 12.0. The van der Waals surface area contributed by atoms with Crippen LogP contribution in [0.25, 0.3) is 0 Å². The van der Waals surface area contributed by atoms with E-state index in [1.807, 2.05) is 54.6 Å². The molecule has 0 bridgehead atoms. The van der Waals surface area contributed by atoms with Crippen LogP contribution >= 0.6 is 0 Å². The number of rotatable bonds is 1. The number of para-hydroxylation sites is 2. The van der Waals surface area contributed by atoms with Crippen LogP contribution in [-0.4, -0.2) is 5.91 Å². The topological polar surface area (TPSA) is 29.5 Å². The third kappa shape index (κ3) is 1.76. The molecule has 1 aliphatic heterocycles. The van der Waals surface area contributed by atoms with E-state index in [4.69, 9.17) is 4.84 Å². The second-order valence-corrected chi connectivity index (χ2v) is 3.90. The number of hydrogen-bond acceptors (Lipinski definition) is 2. The van der Waals surface area contributed by atoms with E-state index in [1.54, 1.807) is 0 Å². The van der Waals surface area contributed by atoms with Crippen molar-refractivity contribution in [2.24, 2.45) is 0 Å². The van der Waals surface area contributed by atoms with E-state index in [1.165, 1.54) is 5.06 Å². The number of amides is 1. The molecule has 2 aromatic carbocycles. The summed E-state index contributed by atoms with van der Waals surface area (Å²) < 4.78 is 0. The average molecular weight is 225 g/mol. The van der Waals surface area contributed by atoms with E-state index in [2.05, 4.69) is 0 Å². The number of carbonyl (C=O) groups excluding carboxylic acids is 1. The summed E-state index contributed by atoms with van der Waals surface area (Å²) in [6, 6.07) is 17.0. The number of carbonyl (C=O) groups is 1. The highest BCUT2D eigenvalue weighted by Gasteiger charge is 2.25. The van der Waals surface area contributed by atoms with Gasteiger partial charge in [0.1, 0.15) is 0 Å². The van der Waals surface area contributed by atoms with Crippen molar-refractivity contribution >= 4 is 11.6 Å². The molecule has 3 heteroatoms. The predicted octanol–water partition coefficient (Wildman–Crippen LogP) is 2.57. The van der Waals surface area contributed by atoms with Gasteiger partial charge in [-0.15, -0.1) is 5.06 Å². The quantitative estimate of drug-likeness (QED) is 0.746. The average Bonchev–Trinajstić information content (AvgIpc) is 2.39. The largest absolute Gasteiger partial charge is 0.372 e. The fraction of sp³-hybridized carbons (Fsp3) is 0.0714. The molecule has 1 amide bonds. The monoisotopic (exact) mass is 225 g/mol. The number of anilines is 1. The molecule has 3 nitrogen and oxygen atoms in total. The lowest BCUT2D eigenvalue weighted by Crippen LogP contribution is -2.39. The molecular formula is C14H11NO2. The van der Waals surface area contributed by atoms with Crippen molar-refractivity contribution in [2.75, 3.05) is 5.06 Å². The van der Waals surface area contributed by atoms with Crippen molar-refractivity contribution in [3.63, 3.8) is 0 Å². The van der Waals surface area contributed by atoms with Gasteiger partial charge in [0.05, 0.1) is 12.1 Å². The summed E-state index contributed by atoms with van der Waals surface area (Å²) in [5, 5.41) is 1.35. The molecule has 0 spiro atoms. The van der Waals surface area contributed by atoms with Crippen molar-refractivity contribution in [3.05, 3.63) is 60.2 Å². The molecule has 0 fully saturated rings. The zero-order valence-electron chi connectivity index (χ0n) is 9.17. The molecule has 1 aliphatic rings. The highest BCUT2D eigenvalue weighted by molar-refractivity contribution is 5.94. The summed E-state index contributed by atoms with van der Waals surface area (Å²) in [7, 11) is 0. The van der Waals surface area contributed by atoms with Gasteiger partial charge in [0.25, 0.3) is 5.91 Å². The maximum absolute atomic E-state index is 12.0. The molecule has 17 heavy (non-hydrogen) atoms. The Bertz CT molecular complexity index is 551. The molecule has 84 valence electrons. The van der Waals surface area contributed by atoms with Gasteiger partial charge in [-0.3, -0.25) is 4.79 Å². The van der Waals surface area contributed by atoms with E-state index < -0.39 is 0 Å². The summed E-state index contributed by atoms with van der Waals surface area (Å²) >= 11 is 0. The Labute approximate surface area is 99.2 Å². The molecule has 0 N–H and O–H groups in total. The first-order valence-electron chi connectivity index (χ1n) is 5.48. The van der Waals surface area contributed by atoms with Gasteiger partial charge >= 0.3 is 0 Å². The molecule has 3 rings (SSSR count). The molecule has 0 saturated carbocycles. The van der Waals surface area contributed by atoms with Gasteiger partial charge in [-0.05, 0) is 18.2 Å². The Morgan fingerprint density at radius 2 is 1.65 bits per heavy atom. The fourth-order valence-electron chi connectivity index (χ4n) is 1.88. The van der Waals surface area contributed by atoms with Crippen LogP contribution in [0.4, 0.5) is 5.69 Å². The maximum Gasteiger partial charge on any atom is 0.264 e. The van der Waals surface area contributed by atoms with E-state index in [-0.39, 0.29) is 5.91 Å². The Morgan fingerprint density at radius 3 is 2.47 bits per heavy atom. The Hall–Kier alpha value is -2.29. The van der Waals surface area contributed by atoms with Gasteiger partial charge in [0.2, 0.25) is 0 Å². The van der Waals surface area contributed by atoms with Gasteiger partial charge in [0.15, 0.2) is 5.75 Å². The normalized spacial score (nSPS) is 14.1. The van der Waals surface area contributed by atoms with Crippen molar-refractivity contribution in [3.8, 4) is 5.75 Å². The van der Waals surface area contributed by atoms with E-state index in [0.717, 1.165) is 17.0 Å². The van der Waals surface area contributed by atoms with Crippen LogP contribution in [0.15, 0.2) is 54.6 Å². The minimum absolute atomic E-state index is 0.0464. The van der Waals surface area contributed by atoms with Gasteiger partial charge in [-0.1, -0.05) is 36.4 Å². The summed E-state index contributed by atoms with van der Waals surface area (Å²) in [6.07, 6.45) is 0.380. The molecule has 0 atom stereocenters. The van der Waals surface area contributed by atoms with Crippen LogP contribution in [0.1, 0.15) is 5.56 Å². The van der Waals surface area contributed by atoms with Crippen molar-refractivity contribution < 1.29 is 9.63 Å². The number of hydroxylamine groups is 1. The predicted molar refractivity (Wildman–Crippen MR) is 64.7 cm³/mol. The lowest BCUT2D eigenvalue weighted by molar-refractivity contribution is -0.123. The highest BCUT2D eigenvalue weighted by atomic mass is 16.7. The molecule has 1 heterocycles. The fourth-order valence-corrected chi connectivity index (χ4v) is 1.88. The second kappa shape index (κ2) is 3.94. The van der Waals surface area contributed by atoms with Crippen LogP contribution in [0.5, 0.6) is 5.75 Å². The van der Waals surface area contributed by atoms with Gasteiger partial charge in [-0.2, -0.15) is 0 Å². The Balaban J connectivity index is 1.98. The lowest BCUT2D eigenvalue weighted by atomic mass is 10.1. The highest BCUT2D eigenvalue weighted by Crippen LogP contribution is 2.27. The molecule has 0 aromatic heterocycles. The number of nitrogens with zero attached hydrogens (tertiary/aromatic N) is 1. The number of hydrogen-bond donors (Lipinski definition) is 0. The first-order chi connectivity index (χ1) is 8.34. The minimum atomic E-state index is -0.0464. The summed E-state index contributed by atoms with van der Waals surface area (Å²) in [6.45, 7) is 0. The Kier molecular flexibility index (Phi) is 2.29. The molecule has 0 aliphatic carbocycles. The van der Waals surface area contributed by atoms with Crippen molar-refractivity contribution in [2.45, 2.75) is 6.42 Å². The van der Waals surface area contributed by atoms with E-state index in [0.29, 0.717) is 6.42 Å². The molecule has 0 saturated heterocycles. The van der Waals surface area contributed by atoms with Crippen LogP contribution in [0, 0.1) is 0 Å². The third-order valence-corrected chi connectivity index (χ3v) is 2.72. The first-order valence-corrected chi connectivity index (χ1v) is 5.48. The molecule has 0 radical (unpaired) electrons. The van der Waals surface area contributed by atoms with Crippen molar-refractivity contribution in [1.29, 1.82) is 0 Å². The molecule has 0 unspecified atom stereocenters. The van der Waals surface area contributed by atoms with Crippen LogP contribution in [-0.2, 0) is 11.2 Å². The Morgan fingerprint density at radius 1 is 0.941 bits per heavy atom. The van der Waals surface area contributed by atoms with Crippen LogP contribution in [0.3, 0.4) is 0 Å². The molecular weight excluding hydrogens is 214 g/mol. The van der Waals surface area contributed by atoms with Gasteiger partial charge in [-0.25, -0.2) is 0 Å². The first kappa shape index (κ1) is 9.90. The smallest absolute Gasteiger partial charge is 0.264 e. The number of fused-ring (bicyclic) bond motifs is 1. The summed E-state index contributed by atoms with van der Waals surface area (Å²) in [5.74, 6) is 0.700. The van der Waals surface area contributed by atoms with Crippen LogP contribution < -0.4 is 9.90 Å². The van der Waals surface area contributed by atoms with Crippen molar-refractivity contribution in [1.82, 2.24) is 0 Å². The van der Waals surface area contributed by atoms with Crippen LogP contribution in [0.2, 0.25) is 0 Å². The van der Waals surface area contributed by atoms with Gasteiger partial charge in [0, 0.05) is 5.56 Å². The molecule has 2 aromatic rings. The third-order valence-electron chi connectivity index (χ3n) is 2.72. The standard InChI is InChI=1S/C14H11NO2/c16-14-10-11-6-4-5-9-13(11)17-15(14)12-7-2-1-3-8-12/h1-9H,10H2. The lowest BCUT2D eigenvalue weighted by Gasteiger charge is -2.27. The second-order valence-electron chi connectivity index (χ2n) is 3.90. The van der Waals surface area contributed by atoms with Gasteiger partial charge < -0.3 is 4.84 Å². The SMILES string of the molecule is O=C1Cc2ccccc2ON1c1ccccc1. The zero-order chi connectivity index (χ0) is 11.7. The van der Waals surface area contributed by atoms with E-state index in [9.17, 15) is 4.79 Å². The summed E-state index contributed by atoms with van der Waals surface area (Å²) in [5.41, 5.74) is 1.69. The number of benzene rings is 2. The van der Waals surface area contributed by atoms with E-state index >= 15 is 0 Å². The zero-order valence-corrected chi connectivity index (χ0v) is 9.17.